The first-order valence-corrected chi connectivity index (χ1v) is 19.6. The molecule has 1 heterocycles. The Bertz CT molecular complexity index is 1570. The molecule has 7 nitrogen and oxygen atoms in total. The Morgan fingerprint density at radius 3 is 2.34 bits per heavy atom. The minimum absolute atomic E-state index is 0.0970. The van der Waals surface area contributed by atoms with Gasteiger partial charge in [0, 0.05) is 12.5 Å². The number of hydrogen-bond acceptors (Lipinski definition) is 7. The number of aromatic nitrogens is 1. The van der Waals surface area contributed by atoms with E-state index in [0.717, 1.165) is 39.1 Å². The molecule has 7 rings (SSSR count). The highest BCUT2D eigenvalue weighted by Gasteiger charge is 2.47. The number of fused-ring (bicyclic) bond motifs is 1. The lowest BCUT2D eigenvalue weighted by molar-refractivity contribution is -0.131. The fourth-order valence-corrected chi connectivity index (χ4v) is 9.10. The number of nitrogens with zero attached hydrogens (tertiary/aromatic N) is 1. The van der Waals surface area contributed by atoms with E-state index >= 15 is 0 Å². The van der Waals surface area contributed by atoms with Crippen molar-refractivity contribution in [1.82, 2.24) is 10.3 Å². The van der Waals surface area contributed by atoms with E-state index < -0.39 is 8.32 Å². The maximum atomic E-state index is 13.1. The van der Waals surface area contributed by atoms with Crippen molar-refractivity contribution in [2.45, 2.75) is 77.9 Å². The summed E-state index contributed by atoms with van der Waals surface area (Å²) >= 11 is 1.38. The number of carbonyl (C=O) groups is 2. The van der Waals surface area contributed by atoms with Crippen LogP contribution in [0.2, 0.25) is 18.1 Å². The number of hydrogen-bond donors (Lipinski definition) is 1. The number of ether oxygens (including phenoxy) is 2. The van der Waals surface area contributed by atoms with Crippen molar-refractivity contribution in [3.63, 3.8) is 0 Å². The van der Waals surface area contributed by atoms with Crippen molar-refractivity contribution < 1.29 is 23.5 Å². The lowest BCUT2D eigenvalue weighted by Crippen LogP contribution is -2.43. The first kappa shape index (κ1) is 30.8. The first-order chi connectivity index (χ1) is 20.9. The van der Waals surface area contributed by atoms with E-state index in [1.54, 1.807) is 6.07 Å². The van der Waals surface area contributed by atoms with Crippen LogP contribution in [0.1, 0.15) is 75.2 Å². The molecule has 1 N–H and O–H groups in total. The first-order valence-electron chi connectivity index (χ1n) is 15.9. The van der Waals surface area contributed by atoms with Gasteiger partial charge in [-0.15, -0.1) is 11.3 Å². The quantitative estimate of drug-likeness (QED) is 0.0841. The predicted molar refractivity (Wildman–Crippen MR) is 177 cm³/mol. The third-order valence-electron chi connectivity index (χ3n) is 10.0. The van der Waals surface area contributed by atoms with E-state index in [4.69, 9.17) is 13.9 Å². The van der Waals surface area contributed by atoms with E-state index in [0.29, 0.717) is 35.7 Å². The van der Waals surface area contributed by atoms with E-state index in [2.05, 4.69) is 44.2 Å². The van der Waals surface area contributed by atoms with Crippen molar-refractivity contribution >= 4 is 47.5 Å². The summed E-state index contributed by atoms with van der Waals surface area (Å²) < 4.78 is 19.3. The third kappa shape index (κ3) is 6.45. The van der Waals surface area contributed by atoms with Gasteiger partial charge in [0.25, 0.3) is 5.91 Å². The van der Waals surface area contributed by atoms with E-state index in [9.17, 15) is 9.59 Å². The summed E-state index contributed by atoms with van der Waals surface area (Å²) in [4.78, 5) is 29.3. The van der Waals surface area contributed by atoms with Crippen LogP contribution >= 0.6 is 11.3 Å². The summed E-state index contributed by atoms with van der Waals surface area (Å²) in [5.74, 6) is 4.44. The van der Waals surface area contributed by atoms with Gasteiger partial charge in [0.2, 0.25) is 8.32 Å². The van der Waals surface area contributed by atoms with Crippen LogP contribution in [0.25, 0.3) is 16.0 Å². The van der Waals surface area contributed by atoms with Crippen molar-refractivity contribution in [3.05, 3.63) is 58.6 Å². The van der Waals surface area contributed by atoms with E-state index in [1.165, 1.54) is 55.9 Å². The maximum absolute atomic E-state index is 13.1. The molecule has 0 unspecified atom stereocenters. The molecule has 1 amide bonds. The number of rotatable bonds is 9. The second-order valence-corrected chi connectivity index (χ2v) is 20.1. The molecular weight excluding hydrogens is 589 g/mol. The molecule has 0 radical (unpaired) electrons. The number of thiazole rings is 1. The molecule has 4 saturated carbocycles. The topological polar surface area (TPSA) is 86.8 Å². The second-order valence-electron chi connectivity index (χ2n) is 14.3. The molecule has 4 aliphatic rings. The van der Waals surface area contributed by atoms with Crippen molar-refractivity contribution in [2.24, 2.45) is 23.7 Å². The molecule has 0 saturated heterocycles. The molecule has 4 fully saturated rings. The Morgan fingerprint density at radius 2 is 1.68 bits per heavy atom. The second kappa shape index (κ2) is 12.0. The number of amides is 1. The molecule has 2 aromatic carbocycles. The van der Waals surface area contributed by atoms with Gasteiger partial charge >= 0.3 is 5.97 Å². The number of allylic oxidation sites excluding steroid dienone is 1. The number of esters is 1. The summed E-state index contributed by atoms with van der Waals surface area (Å²) in [5, 5.41) is 3.54. The Hall–Kier alpha value is -3.17. The SMILES string of the molecule is CC(=O)Oc1cccc(C(OCCNC(=O)c2nc3ccc(O[Si](C)(C)C(C)(C)C)cc3s2)=C2C3CC4CC(C3)CC2C4)c1. The highest BCUT2D eigenvalue weighted by Crippen LogP contribution is 2.58. The molecular formula is C35H44N2O5SSi. The van der Waals surface area contributed by atoms with Crippen LogP contribution in [-0.4, -0.2) is 38.3 Å². The van der Waals surface area contributed by atoms with Crippen molar-refractivity contribution in [3.8, 4) is 11.5 Å². The van der Waals surface area contributed by atoms with E-state index in [1.807, 2.05) is 36.4 Å². The number of benzene rings is 2. The predicted octanol–water partition coefficient (Wildman–Crippen LogP) is 8.22. The molecule has 4 aliphatic carbocycles. The van der Waals surface area contributed by atoms with Crippen LogP contribution < -0.4 is 14.5 Å². The smallest absolute Gasteiger partial charge is 0.308 e. The molecule has 234 valence electrons. The fraction of sp³-hybridized carbons (Fsp3) is 0.514. The Balaban J connectivity index is 1.15. The van der Waals surface area contributed by atoms with Gasteiger partial charge in [0.15, 0.2) is 5.01 Å². The highest BCUT2D eigenvalue weighted by atomic mass is 32.1. The maximum Gasteiger partial charge on any atom is 0.308 e. The van der Waals surface area contributed by atoms with Crippen molar-refractivity contribution in [2.75, 3.05) is 13.2 Å². The third-order valence-corrected chi connectivity index (χ3v) is 15.4. The van der Waals surface area contributed by atoms with Crippen LogP contribution in [0.4, 0.5) is 0 Å². The fourth-order valence-electron chi connectivity index (χ4n) is 7.17. The molecule has 0 atom stereocenters. The standard InChI is InChI=1S/C35H44N2O5SSi/c1-21(38)41-27-9-7-8-24(19-27)32(31-25-15-22-14-23(17-25)18-26(31)16-22)40-13-12-36-33(39)34-37-29-11-10-28(20-30(29)43-34)42-44(5,6)35(2,3)4/h7-11,19-20,22-23,25-26H,12-18H2,1-6H3,(H,36,39). The van der Waals surface area contributed by atoms with Crippen LogP contribution in [-0.2, 0) is 9.53 Å². The number of nitrogens with one attached hydrogen (secondary N) is 1. The Labute approximate surface area is 265 Å². The van der Waals surface area contributed by atoms with Crippen LogP contribution in [0.3, 0.4) is 0 Å². The number of carbonyl (C=O) groups excluding carboxylic acids is 2. The zero-order valence-electron chi connectivity index (χ0n) is 26.7. The summed E-state index contributed by atoms with van der Waals surface area (Å²) in [5.41, 5.74) is 3.14. The zero-order valence-corrected chi connectivity index (χ0v) is 28.5. The molecule has 3 aromatic rings. The highest BCUT2D eigenvalue weighted by molar-refractivity contribution is 7.20. The van der Waals surface area contributed by atoms with Gasteiger partial charge in [-0.05, 0) is 110 Å². The van der Waals surface area contributed by atoms with Crippen molar-refractivity contribution in [1.29, 1.82) is 0 Å². The van der Waals surface area contributed by atoms with Gasteiger partial charge in [-0.1, -0.05) is 32.9 Å². The van der Waals surface area contributed by atoms with Gasteiger partial charge in [0.1, 0.15) is 23.9 Å². The van der Waals surface area contributed by atoms with Gasteiger partial charge in [-0.25, -0.2) is 4.98 Å². The molecule has 1 aromatic heterocycles. The monoisotopic (exact) mass is 632 g/mol. The lowest BCUT2D eigenvalue weighted by atomic mass is 9.54. The van der Waals surface area contributed by atoms with Gasteiger partial charge in [-0.2, -0.15) is 0 Å². The van der Waals surface area contributed by atoms with Crippen LogP contribution in [0.5, 0.6) is 11.5 Å². The van der Waals surface area contributed by atoms with Gasteiger partial charge in [0.05, 0.1) is 16.8 Å². The molecule has 44 heavy (non-hydrogen) atoms. The average molecular weight is 633 g/mol. The molecule has 4 bridgehead atoms. The summed E-state index contributed by atoms with van der Waals surface area (Å²) in [6.45, 7) is 13.2. The minimum Gasteiger partial charge on any atom is -0.543 e. The minimum atomic E-state index is -1.97. The largest absolute Gasteiger partial charge is 0.543 e. The average Bonchev–Trinajstić information content (AvgIpc) is 3.36. The molecule has 0 aliphatic heterocycles. The van der Waals surface area contributed by atoms with Gasteiger partial charge < -0.3 is 19.2 Å². The normalized spacial score (nSPS) is 22.6. The Morgan fingerprint density at radius 1 is 0.977 bits per heavy atom. The van der Waals surface area contributed by atoms with Crippen LogP contribution in [0, 0.1) is 23.7 Å². The van der Waals surface area contributed by atoms with Gasteiger partial charge in [-0.3, -0.25) is 9.59 Å². The zero-order chi connectivity index (χ0) is 31.2. The van der Waals surface area contributed by atoms with Crippen LogP contribution in [0.15, 0.2) is 48.0 Å². The Kier molecular flexibility index (Phi) is 8.39. The molecule has 0 spiro atoms. The summed E-state index contributed by atoms with van der Waals surface area (Å²) in [6, 6.07) is 13.5. The van der Waals surface area contributed by atoms with E-state index in [-0.39, 0.29) is 16.9 Å². The summed E-state index contributed by atoms with van der Waals surface area (Å²) in [6.07, 6.45) is 6.30. The lowest BCUT2D eigenvalue weighted by Gasteiger charge is -2.51. The summed E-state index contributed by atoms with van der Waals surface area (Å²) in [7, 11) is -1.97. The molecule has 9 heteroatoms.